The molecule has 0 amide bonds. The molecule has 7 heteroatoms. The van der Waals surface area contributed by atoms with E-state index in [0.29, 0.717) is 18.0 Å². The largest absolute Gasteiger partial charge is 0.355 e. The fourth-order valence-corrected chi connectivity index (χ4v) is 4.61. The fraction of sp³-hybridized carbons (Fsp3) is 0.708. The number of likely N-dealkylation sites (tertiary alicyclic amines) is 1. The molecule has 3 rings (SSSR count). The van der Waals surface area contributed by atoms with E-state index < -0.39 is 0 Å². The van der Waals surface area contributed by atoms with Crippen molar-refractivity contribution in [2.75, 3.05) is 59.9 Å². The highest BCUT2D eigenvalue weighted by Gasteiger charge is 2.26. The molecule has 6 nitrogen and oxygen atoms in total. The second kappa shape index (κ2) is 13.6. The summed E-state index contributed by atoms with van der Waals surface area (Å²) in [7, 11) is 4.11. The molecule has 176 valence electrons. The van der Waals surface area contributed by atoms with Crippen LogP contribution in [0.2, 0.25) is 0 Å². The minimum absolute atomic E-state index is 0. The van der Waals surface area contributed by atoms with E-state index in [9.17, 15) is 0 Å². The monoisotopic (exact) mass is 542 g/mol. The molecular weight excluding hydrogens is 499 g/mol. The number of benzene rings is 1. The molecule has 0 saturated carbocycles. The van der Waals surface area contributed by atoms with E-state index in [4.69, 9.17) is 0 Å². The minimum Gasteiger partial charge on any atom is -0.355 e. The molecule has 2 heterocycles. The normalized spacial score (nSPS) is 21.0. The summed E-state index contributed by atoms with van der Waals surface area (Å²) < 4.78 is 0. The third kappa shape index (κ3) is 8.51. The maximum absolute atomic E-state index is 4.51. The molecule has 0 aromatic heterocycles. The van der Waals surface area contributed by atoms with Gasteiger partial charge in [-0.2, -0.15) is 0 Å². The van der Waals surface area contributed by atoms with Gasteiger partial charge in [0.2, 0.25) is 0 Å². The first-order valence-electron chi connectivity index (χ1n) is 11.7. The van der Waals surface area contributed by atoms with Gasteiger partial charge in [-0.05, 0) is 31.4 Å². The number of halogens is 1. The van der Waals surface area contributed by atoms with Crippen LogP contribution in [0.15, 0.2) is 35.3 Å². The molecule has 1 unspecified atom stereocenters. The van der Waals surface area contributed by atoms with E-state index in [1.807, 2.05) is 7.05 Å². The van der Waals surface area contributed by atoms with Crippen molar-refractivity contribution >= 4 is 29.9 Å². The van der Waals surface area contributed by atoms with E-state index in [2.05, 4.69) is 81.6 Å². The Labute approximate surface area is 206 Å². The standard InChI is InChI=1S/C24H42N6.HI/c1-20(2)23(30-16-14-28(4)15-17-30)18-26-24(25-3)27-22-10-12-29(13-11-22)19-21-8-6-5-7-9-21;/h5-9,20,22-23H,10-19H2,1-4H3,(H2,25,26,27);1H. The van der Waals surface area contributed by atoms with Crippen LogP contribution in [-0.2, 0) is 6.54 Å². The van der Waals surface area contributed by atoms with E-state index in [-0.39, 0.29) is 24.0 Å². The zero-order valence-electron chi connectivity index (χ0n) is 19.9. The summed E-state index contributed by atoms with van der Waals surface area (Å²) in [5, 5.41) is 7.31. The van der Waals surface area contributed by atoms with E-state index in [1.165, 1.54) is 18.4 Å². The molecule has 2 N–H and O–H groups in total. The number of hydrogen-bond donors (Lipinski definition) is 2. The molecule has 0 spiro atoms. The summed E-state index contributed by atoms with van der Waals surface area (Å²) in [4.78, 5) is 12.1. The van der Waals surface area contributed by atoms with Crippen LogP contribution in [0.3, 0.4) is 0 Å². The lowest BCUT2D eigenvalue weighted by Crippen LogP contribution is -2.56. The van der Waals surface area contributed by atoms with Gasteiger partial charge in [0.15, 0.2) is 5.96 Å². The van der Waals surface area contributed by atoms with Gasteiger partial charge in [0.05, 0.1) is 0 Å². The average Bonchev–Trinajstić information content (AvgIpc) is 2.76. The lowest BCUT2D eigenvalue weighted by molar-refractivity contribution is 0.0899. The first-order chi connectivity index (χ1) is 14.5. The zero-order valence-corrected chi connectivity index (χ0v) is 22.2. The van der Waals surface area contributed by atoms with Crippen molar-refractivity contribution in [3.05, 3.63) is 35.9 Å². The SMILES string of the molecule is CN=C(NCC(C(C)C)N1CCN(C)CC1)NC1CCN(Cc2ccccc2)CC1.I. The summed E-state index contributed by atoms with van der Waals surface area (Å²) >= 11 is 0. The first-order valence-corrected chi connectivity index (χ1v) is 11.7. The van der Waals surface area contributed by atoms with Crippen LogP contribution in [0.5, 0.6) is 0 Å². The van der Waals surface area contributed by atoms with Crippen molar-refractivity contribution in [1.82, 2.24) is 25.3 Å². The van der Waals surface area contributed by atoms with Gasteiger partial charge in [0.25, 0.3) is 0 Å². The van der Waals surface area contributed by atoms with Gasteiger partial charge in [-0.25, -0.2) is 0 Å². The quantitative estimate of drug-likeness (QED) is 0.315. The van der Waals surface area contributed by atoms with Crippen LogP contribution in [0.4, 0.5) is 0 Å². The third-order valence-corrected chi connectivity index (χ3v) is 6.66. The van der Waals surface area contributed by atoms with E-state index >= 15 is 0 Å². The Kier molecular flexibility index (Phi) is 11.6. The Balaban J connectivity index is 0.00000341. The number of rotatable bonds is 7. The smallest absolute Gasteiger partial charge is 0.191 e. The first kappa shape index (κ1) is 26.4. The third-order valence-electron chi connectivity index (χ3n) is 6.66. The number of nitrogens with one attached hydrogen (secondary N) is 2. The molecule has 1 atom stereocenters. The Morgan fingerprint density at radius 3 is 2.26 bits per heavy atom. The van der Waals surface area contributed by atoms with Crippen LogP contribution >= 0.6 is 24.0 Å². The summed E-state index contributed by atoms with van der Waals surface area (Å²) in [6, 6.07) is 11.8. The highest BCUT2D eigenvalue weighted by atomic mass is 127. The lowest BCUT2D eigenvalue weighted by atomic mass is 10.0. The Morgan fingerprint density at radius 1 is 1.03 bits per heavy atom. The molecule has 1 aromatic carbocycles. The molecule has 2 saturated heterocycles. The molecule has 31 heavy (non-hydrogen) atoms. The number of nitrogens with zero attached hydrogens (tertiary/aromatic N) is 4. The van der Waals surface area contributed by atoms with Gasteiger partial charge < -0.3 is 15.5 Å². The molecule has 2 aliphatic heterocycles. The highest BCUT2D eigenvalue weighted by molar-refractivity contribution is 14.0. The number of piperidine rings is 1. The lowest BCUT2D eigenvalue weighted by Gasteiger charge is -2.40. The minimum atomic E-state index is 0. The Bertz CT molecular complexity index is 637. The second-order valence-corrected chi connectivity index (χ2v) is 9.28. The zero-order chi connectivity index (χ0) is 21.3. The van der Waals surface area contributed by atoms with Gasteiger partial charge in [-0.1, -0.05) is 44.2 Å². The number of aliphatic imine (C=N–C) groups is 1. The number of hydrogen-bond acceptors (Lipinski definition) is 4. The highest BCUT2D eigenvalue weighted by Crippen LogP contribution is 2.15. The number of piperazine rings is 1. The fourth-order valence-electron chi connectivity index (χ4n) is 4.61. The van der Waals surface area contributed by atoms with Crippen LogP contribution in [0, 0.1) is 5.92 Å². The van der Waals surface area contributed by atoms with Crippen LogP contribution in [0.1, 0.15) is 32.3 Å². The molecule has 2 aliphatic rings. The van der Waals surface area contributed by atoms with Crippen molar-refractivity contribution in [2.45, 2.75) is 45.3 Å². The van der Waals surface area contributed by atoms with Crippen LogP contribution in [-0.4, -0.2) is 92.7 Å². The summed E-state index contributed by atoms with van der Waals surface area (Å²) in [5.41, 5.74) is 1.41. The maximum Gasteiger partial charge on any atom is 0.191 e. The molecular formula is C24H43IN6. The molecule has 0 radical (unpaired) electrons. The Morgan fingerprint density at radius 2 is 1.68 bits per heavy atom. The average molecular weight is 543 g/mol. The van der Waals surface area contributed by atoms with Crippen molar-refractivity contribution in [3.8, 4) is 0 Å². The van der Waals surface area contributed by atoms with Crippen LogP contribution in [0.25, 0.3) is 0 Å². The van der Waals surface area contributed by atoms with Gasteiger partial charge >= 0.3 is 0 Å². The van der Waals surface area contributed by atoms with Crippen molar-refractivity contribution in [1.29, 1.82) is 0 Å². The number of likely N-dealkylation sites (N-methyl/N-ethyl adjacent to an activating group) is 1. The predicted molar refractivity (Wildman–Crippen MR) is 142 cm³/mol. The van der Waals surface area contributed by atoms with Gasteiger partial charge in [-0.15, -0.1) is 24.0 Å². The van der Waals surface area contributed by atoms with Crippen molar-refractivity contribution in [3.63, 3.8) is 0 Å². The summed E-state index contributed by atoms with van der Waals surface area (Å²) in [6.07, 6.45) is 2.33. The van der Waals surface area contributed by atoms with E-state index in [0.717, 1.165) is 58.3 Å². The summed E-state index contributed by atoms with van der Waals surface area (Å²) in [6.45, 7) is 13.6. The molecule has 0 aliphatic carbocycles. The summed E-state index contributed by atoms with van der Waals surface area (Å²) in [5.74, 6) is 1.58. The molecule has 1 aromatic rings. The van der Waals surface area contributed by atoms with Gasteiger partial charge in [0, 0.05) is 71.5 Å². The molecule has 0 bridgehead atoms. The van der Waals surface area contributed by atoms with Crippen molar-refractivity contribution < 1.29 is 0 Å². The topological polar surface area (TPSA) is 46.1 Å². The number of guanidine groups is 1. The van der Waals surface area contributed by atoms with Gasteiger partial charge in [-0.3, -0.25) is 14.8 Å². The Hall–Kier alpha value is -0.900. The second-order valence-electron chi connectivity index (χ2n) is 9.28. The maximum atomic E-state index is 4.51. The molecule has 2 fully saturated rings. The van der Waals surface area contributed by atoms with E-state index in [1.54, 1.807) is 0 Å². The van der Waals surface area contributed by atoms with Crippen molar-refractivity contribution in [2.24, 2.45) is 10.9 Å². The van der Waals surface area contributed by atoms with Gasteiger partial charge in [0.1, 0.15) is 0 Å². The van der Waals surface area contributed by atoms with Crippen LogP contribution < -0.4 is 10.6 Å². The predicted octanol–water partition coefficient (Wildman–Crippen LogP) is 2.71.